The summed E-state index contributed by atoms with van der Waals surface area (Å²) in [4.78, 5) is 17.1. The summed E-state index contributed by atoms with van der Waals surface area (Å²) in [5, 5.41) is 2.72. The average Bonchev–Trinajstić information content (AvgIpc) is 2.85. The normalized spacial score (nSPS) is 11.1. The number of nitrogens with zero attached hydrogens (tertiary/aromatic N) is 2. The summed E-state index contributed by atoms with van der Waals surface area (Å²) in [6, 6.07) is 5.88. The third-order valence-corrected chi connectivity index (χ3v) is 3.98. The minimum Gasteiger partial charge on any atom is -0.294 e. The second-order valence-corrected chi connectivity index (χ2v) is 5.35. The molecule has 3 nitrogen and oxygen atoms in total. The highest BCUT2D eigenvalue weighted by Gasteiger charge is 2.08. The van der Waals surface area contributed by atoms with E-state index in [2.05, 4.69) is 4.98 Å². The monoisotopic (exact) mass is 294 g/mol. The Morgan fingerprint density at radius 1 is 1.37 bits per heavy atom. The van der Waals surface area contributed by atoms with E-state index in [-0.39, 0.29) is 12.1 Å². The van der Waals surface area contributed by atoms with Gasteiger partial charge in [-0.2, -0.15) is 0 Å². The van der Waals surface area contributed by atoms with Crippen LogP contribution >= 0.6 is 22.9 Å². The molecule has 0 spiro atoms. The molecule has 2 aromatic heterocycles. The van der Waals surface area contributed by atoms with Crippen LogP contribution in [-0.2, 0) is 6.54 Å². The van der Waals surface area contributed by atoms with Gasteiger partial charge in [-0.1, -0.05) is 17.7 Å². The Labute approximate surface area is 116 Å². The van der Waals surface area contributed by atoms with Gasteiger partial charge in [-0.15, -0.1) is 11.3 Å². The number of aromatic nitrogens is 2. The van der Waals surface area contributed by atoms with Crippen molar-refractivity contribution in [3.05, 3.63) is 62.7 Å². The van der Waals surface area contributed by atoms with Gasteiger partial charge in [0, 0.05) is 5.02 Å². The van der Waals surface area contributed by atoms with Gasteiger partial charge in [-0.25, -0.2) is 9.37 Å². The fourth-order valence-corrected chi connectivity index (χ4v) is 2.79. The van der Waals surface area contributed by atoms with Crippen molar-refractivity contribution in [2.75, 3.05) is 0 Å². The molecule has 3 rings (SSSR count). The van der Waals surface area contributed by atoms with Gasteiger partial charge in [-0.3, -0.25) is 9.36 Å². The van der Waals surface area contributed by atoms with E-state index in [1.54, 1.807) is 12.1 Å². The zero-order chi connectivity index (χ0) is 13.4. The Morgan fingerprint density at radius 3 is 3.00 bits per heavy atom. The summed E-state index contributed by atoms with van der Waals surface area (Å²) >= 11 is 7.38. The van der Waals surface area contributed by atoms with Gasteiger partial charge >= 0.3 is 0 Å². The molecule has 0 bridgehead atoms. The summed E-state index contributed by atoms with van der Waals surface area (Å²) in [7, 11) is 0. The summed E-state index contributed by atoms with van der Waals surface area (Å²) in [6.07, 6.45) is 1.49. The van der Waals surface area contributed by atoms with Crippen molar-refractivity contribution >= 4 is 33.2 Å². The Hall–Kier alpha value is -1.72. The standard InChI is InChI=1S/C13H8ClFN2OS/c14-11-5-9(15)2-1-8(11)6-17-7-16-12-10(13(17)18)3-4-19-12/h1-5,7H,6H2. The number of hydrogen-bond donors (Lipinski definition) is 0. The lowest BCUT2D eigenvalue weighted by Gasteiger charge is -2.07. The van der Waals surface area contributed by atoms with Crippen LogP contribution in [0.1, 0.15) is 5.56 Å². The van der Waals surface area contributed by atoms with Gasteiger partial charge in [-0.05, 0) is 29.1 Å². The highest BCUT2D eigenvalue weighted by molar-refractivity contribution is 7.16. The van der Waals surface area contributed by atoms with Gasteiger partial charge in [0.15, 0.2) is 0 Å². The fourth-order valence-electron chi connectivity index (χ4n) is 1.84. The first kappa shape index (κ1) is 12.3. The third-order valence-electron chi connectivity index (χ3n) is 2.81. The maximum Gasteiger partial charge on any atom is 0.262 e. The van der Waals surface area contributed by atoms with Crippen LogP contribution in [-0.4, -0.2) is 9.55 Å². The second-order valence-electron chi connectivity index (χ2n) is 4.05. The van der Waals surface area contributed by atoms with E-state index in [1.807, 2.05) is 5.38 Å². The minimum absolute atomic E-state index is 0.119. The molecule has 0 unspecified atom stereocenters. The smallest absolute Gasteiger partial charge is 0.262 e. The molecule has 0 fully saturated rings. The van der Waals surface area contributed by atoms with E-state index in [1.165, 1.54) is 34.4 Å². The number of thiophene rings is 1. The molecule has 19 heavy (non-hydrogen) atoms. The molecule has 0 aliphatic rings. The number of fused-ring (bicyclic) bond motifs is 1. The van der Waals surface area contributed by atoms with E-state index in [9.17, 15) is 9.18 Å². The topological polar surface area (TPSA) is 34.9 Å². The van der Waals surface area contributed by atoms with Crippen LogP contribution in [0.5, 0.6) is 0 Å². The van der Waals surface area contributed by atoms with Crippen molar-refractivity contribution in [1.29, 1.82) is 0 Å². The highest BCUT2D eigenvalue weighted by Crippen LogP contribution is 2.18. The molecule has 1 aromatic carbocycles. The molecule has 0 N–H and O–H groups in total. The molecule has 0 saturated heterocycles. The van der Waals surface area contributed by atoms with Crippen LogP contribution in [0.15, 0.2) is 40.8 Å². The quantitative estimate of drug-likeness (QED) is 0.727. The molecule has 96 valence electrons. The Bertz CT molecular complexity index is 812. The Balaban J connectivity index is 2.05. The fraction of sp³-hybridized carbons (Fsp3) is 0.0769. The minimum atomic E-state index is -0.396. The predicted octanol–water partition coefficient (Wildman–Crippen LogP) is 3.30. The van der Waals surface area contributed by atoms with Crippen LogP contribution in [0, 0.1) is 5.82 Å². The van der Waals surface area contributed by atoms with E-state index in [4.69, 9.17) is 11.6 Å². The Morgan fingerprint density at radius 2 is 2.21 bits per heavy atom. The molecule has 0 amide bonds. The zero-order valence-corrected chi connectivity index (χ0v) is 11.2. The van der Waals surface area contributed by atoms with Crippen LogP contribution in [0.25, 0.3) is 10.2 Å². The maximum absolute atomic E-state index is 13.0. The van der Waals surface area contributed by atoms with Crippen LogP contribution in [0.2, 0.25) is 5.02 Å². The molecule has 0 aliphatic carbocycles. The molecular formula is C13H8ClFN2OS. The summed E-state index contributed by atoms with van der Waals surface area (Å²) in [5.41, 5.74) is 0.563. The van der Waals surface area contributed by atoms with Gasteiger partial charge < -0.3 is 0 Å². The first-order valence-corrected chi connectivity index (χ1v) is 6.77. The van der Waals surface area contributed by atoms with Crippen molar-refractivity contribution in [2.24, 2.45) is 0 Å². The average molecular weight is 295 g/mol. The number of benzene rings is 1. The van der Waals surface area contributed by atoms with Crippen LogP contribution in [0.4, 0.5) is 4.39 Å². The van der Waals surface area contributed by atoms with Gasteiger partial charge in [0.1, 0.15) is 10.6 Å². The molecule has 6 heteroatoms. The van der Waals surface area contributed by atoms with Crippen molar-refractivity contribution < 1.29 is 4.39 Å². The number of halogens is 2. The molecular weight excluding hydrogens is 287 g/mol. The lowest BCUT2D eigenvalue weighted by molar-refractivity contribution is 0.626. The molecule has 0 atom stereocenters. The van der Waals surface area contributed by atoms with E-state index >= 15 is 0 Å². The van der Waals surface area contributed by atoms with Crippen molar-refractivity contribution in [3.8, 4) is 0 Å². The summed E-state index contributed by atoms with van der Waals surface area (Å²) in [5.74, 6) is -0.396. The van der Waals surface area contributed by atoms with E-state index in [0.717, 1.165) is 0 Å². The van der Waals surface area contributed by atoms with E-state index < -0.39 is 5.82 Å². The summed E-state index contributed by atoms with van der Waals surface area (Å²) < 4.78 is 14.4. The maximum atomic E-state index is 13.0. The summed E-state index contributed by atoms with van der Waals surface area (Å²) in [6.45, 7) is 0.275. The zero-order valence-electron chi connectivity index (χ0n) is 9.64. The largest absolute Gasteiger partial charge is 0.294 e. The predicted molar refractivity (Wildman–Crippen MR) is 74.4 cm³/mol. The molecule has 0 radical (unpaired) electrons. The first-order valence-electron chi connectivity index (χ1n) is 5.52. The molecule has 0 aliphatic heterocycles. The van der Waals surface area contributed by atoms with Gasteiger partial charge in [0.25, 0.3) is 5.56 Å². The second kappa shape index (κ2) is 4.75. The lowest BCUT2D eigenvalue weighted by Crippen LogP contribution is -2.20. The van der Waals surface area contributed by atoms with Crippen molar-refractivity contribution in [1.82, 2.24) is 9.55 Å². The SMILES string of the molecule is O=c1c2ccsc2ncn1Cc1ccc(F)cc1Cl. The van der Waals surface area contributed by atoms with Crippen LogP contribution in [0.3, 0.4) is 0 Å². The molecule has 3 aromatic rings. The van der Waals surface area contributed by atoms with Crippen LogP contribution < -0.4 is 5.56 Å². The highest BCUT2D eigenvalue weighted by atomic mass is 35.5. The molecule has 0 saturated carbocycles. The third kappa shape index (κ3) is 2.27. The first-order chi connectivity index (χ1) is 9.15. The molecule has 2 heterocycles. The van der Waals surface area contributed by atoms with Gasteiger partial charge in [0.05, 0.1) is 18.3 Å². The van der Waals surface area contributed by atoms with Gasteiger partial charge in [0.2, 0.25) is 0 Å². The number of rotatable bonds is 2. The lowest BCUT2D eigenvalue weighted by atomic mass is 10.2. The van der Waals surface area contributed by atoms with Crippen molar-refractivity contribution in [2.45, 2.75) is 6.54 Å². The van der Waals surface area contributed by atoms with E-state index in [0.29, 0.717) is 20.8 Å². The Kier molecular flexibility index (Phi) is 3.08. The van der Waals surface area contributed by atoms with Crippen molar-refractivity contribution in [3.63, 3.8) is 0 Å². The number of hydrogen-bond acceptors (Lipinski definition) is 3.